The Morgan fingerprint density at radius 2 is 1.93 bits per heavy atom. The van der Waals surface area contributed by atoms with Crippen LogP contribution in [0.15, 0.2) is 35.5 Å². The number of benzene rings is 1. The average Bonchev–Trinajstić information content (AvgIpc) is 3.03. The molecule has 158 valence electrons. The highest BCUT2D eigenvalue weighted by Gasteiger charge is 2.21. The highest BCUT2D eigenvalue weighted by atomic mass is 32.2. The number of nitrogens with zero attached hydrogens (tertiary/aromatic N) is 4. The molecule has 2 heterocycles. The van der Waals surface area contributed by atoms with Crippen molar-refractivity contribution in [2.75, 3.05) is 31.9 Å². The van der Waals surface area contributed by atoms with Gasteiger partial charge in [-0.25, -0.2) is 0 Å². The molecule has 3 rings (SSSR count). The molecule has 1 aromatic heterocycles. The van der Waals surface area contributed by atoms with Crippen molar-refractivity contribution < 1.29 is 9.53 Å². The largest absolute Gasteiger partial charge is 0.373 e. The van der Waals surface area contributed by atoms with Crippen molar-refractivity contribution in [2.45, 2.75) is 51.1 Å². The van der Waals surface area contributed by atoms with Crippen LogP contribution < -0.4 is 5.32 Å². The van der Waals surface area contributed by atoms with Crippen molar-refractivity contribution in [3.63, 3.8) is 0 Å². The first-order chi connectivity index (χ1) is 14.0. The zero-order valence-electron chi connectivity index (χ0n) is 17.5. The molecule has 0 saturated carbocycles. The maximum Gasteiger partial charge on any atom is 0.230 e. The second-order valence-electron chi connectivity index (χ2n) is 7.61. The van der Waals surface area contributed by atoms with Crippen LogP contribution in [0.5, 0.6) is 0 Å². The molecule has 1 aliphatic heterocycles. The van der Waals surface area contributed by atoms with Gasteiger partial charge in [-0.15, -0.1) is 10.2 Å². The van der Waals surface area contributed by atoms with Crippen molar-refractivity contribution >= 4 is 17.7 Å². The molecule has 0 aliphatic carbocycles. The molecule has 29 heavy (non-hydrogen) atoms. The lowest BCUT2D eigenvalue weighted by atomic mass is 10.2. The minimum absolute atomic E-state index is 0.0330. The first-order valence-electron chi connectivity index (χ1n) is 10.2. The number of rotatable bonds is 9. The van der Waals surface area contributed by atoms with Gasteiger partial charge in [0.1, 0.15) is 5.82 Å². The van der Waals surface area contributed by atoms with Crippen LogP contribution in [-0.4, -0.2) is 69.7 Å². The Labute approximate surface area is 177 Å². The van der Waals surface area contributed by atoms with Crippen LogP contribution in [0.1, 0.15) is 31.7 Å². The lowest BCUT2D eigenvalue weighted by Crippen LogP contribution is -2.46. The Kier molecular flexibility index (Phi) is 8.09. The smallest absolute Gasteiger partial charge is 0.230 e. The van der Waals surface area contributed by atoms with E-state index in [1.807, 2.05) is 29.7 Å². The summed E-state index contributed by atoms with van der Waals surface area (Å²) in [6.45, 7) is 10.5. The van der Waals surface area contributed by atoms with Gasteiger partial charge in [0.2, 0.25) is 5.91 Å². The summed E-state index contributed by atoms with van der Waals surface area (Å²) in [5.74, 6) is 1.23. The van der Waals surface area contributed by atoms with Gasteiger partial charge in [-0.1, -0.05) is 42.1 Å². The third-order valence-corrected chi connectivity index (χ3v) is 5.85. The molecule has 2 aromatic rings. The standard InChI is InChI=1S/C21H31N5O2S/c1-16-12-25(13-17(2)28-16)11-7-10-22-20(27)15-29-21-24-23-18(3)26(21)14-19-8-5-4-6-9-19/h4-6,8-9,16-17H,7,10-15H2,1-3H3,(H,22,27). The van der Waals surface area contributed by atoms with E-state index in [0.29, 0.717) is 18.8 Å². The van der Waals surface area contributed by atoms with E-state index in [2.05, 4.69) is 46.4 Å². The number of aromatic nitrogens is 3. The van der Waals surface area contributed by atoms with E-state index in [0.717, 1.165) is 37.0 Å². The molecule has 8 heteroatoms. The molecule has 2 atom stereocenters. The van der Waals surface area contributed by atoms with Gasteiger partial charge in [-0.2, -0.15) is 0 Å². The van der Waals surface area contributed by atoms with Gasteiger partial charge in [-0.3, -0.25) is 9.69 Å². The van der Waals surface area contributed by atoms with Crippen LogP contribution in [0.25, 0.3) is 0 Å². The predicted octanol–water partition coefficient (Wildman–Crippen LogP) is 2.34. The van der Waals surface area contributed by atoms with E-state index < -0.39 is 0 Å². The minimum atomic E-state index is 0.0330. The zero-order chi connectivity index (χ0) is 20.6. The highest BCUT2D eigenvalue weighted by Crippen LogP contribution is 2.18. The molecule has 7 nitrogen and oxygen atoms in total. The lowest BCUT2D eigenvalue weighted by molar-refractivity contribution is -0.118. The summed E-state index contributed by atoms with van der Waals surface area (Å²) in [6.07, 6.45) is 1.50. The van der Waals surface area contributed by atoms with Gasteiger partial charge in [0.15, 0.2) is 5.16 Å². The third-order valence-electron chi connectivity index (χ3n) is 4.89. The molecular formula is C21H31N5O2S. The number of morpholine rings is 1. The van der Waals surface area contributed by atoms with Crippen LogP contribution >= 0.6 is 11.8 Å². The van der Waals surface area contributed by atoms with Crippen LogP contribution in [0.2, 0.25) is 0 Å². The zero-order valence-corrected chi connectivity index (χ0v) is 18.3. The molecule has 1 aromatic carbocycles. The van der Waals surface area contributed by atoms with Gasteiger partial charge >= 0.3 is 0 Å². The Hall–Kier alpha value is -1.90. The monoisotopic (exact) mass is 417 g/mol. The number of hydrogen-bond donors (Lipinski definition) is 1. The molecule has 0 bridgehead atoms. The number of aryl methyl sites for hydroxylation is 1. The fourth-order valence-corrected chi connectivity index (χ4v) is 4.41. The molecule has 0 radical (unpaired) electrons. The van der Waals surface area contributed by atoms with E-state index in [4.69, 9.17) is 4.74 Å². The number of carbonyl (C=O) groups excluding carboxylic acids is 1. The van der Waals surface area contributed by atoms with Crippen LogP contribution in [-0.2, 0) is 16.1 Å². The maximum atomic E-state index is 12.2. The third kappa shape index (κ3) is 6.83. The number of hydrogen-bond acceptors (Lipinski definition) is 6. The summed E-state index contributed by atoms with van der Waals surface area (Å²) >= 11 is 1.43. The SMILES string of the molecule is Cc1nnc(SCC(=O)NCCCN2CC(C)OC(C)C2)n1Cc1ccccc1. The predicted molar refractivity (Wildman–Crippen MR) is 115 cm³/mol. The summed E-state index contributed by atoms with van der Waals surface area (Å²) in [5.41, 5.74) is 1.19. The fourth-order valence-electron chi connectivity index (χ4n) is 3.59. The Morgan fingerprint density at radius 3 is 2.66 bits per heavy atom. The molecule has 1 aliphatic rings. The number of amides is 1. The van der Waals surface area contributed by atoms with E-state index in [1.54, 1.807) is 0 Å². The summed E-state index contributed by atoms with van der Waals surface area (Å²) in [5, 5.41) is 12.2. The molecule has 1 amide bonds. The number of ether oxygens (including phenoxy) is 1. The van der Waals surface area contributed by atoms with Crippen LogP contribution in [0.3, 0.4) is 0 Å². The van der Waals surface area contributed by atoms with Crippen LogP contribution in [0.4, 0.5) is 0 Å². The van der Waals surface area contributed by atoms with Gasteiger partial charge in [-0.05, 0) is 32.8 Å². The van der Waals surface area contributed by atoms with E-state index in [-0.39, 0.29) is 18.1 Å². The fraction of sp³-hybridized carbons (Fsp3) is 0.571. The average molecular weight is 418 g/mol. The van der Waals surface area contributed by atoms with Crippen LogP contribution in [0, 0.1) is 6.92 Å². The van der Waals surface area contributed by atoms with Gasteiger partial charge in [0, 0.05) is 26.2 Å². The molecule has 1 fully saturated rings. The Balaban J connectivity index is 1.39. The van der Waals surface area contributed by atoms with Gasteiger partial charge < -0.3 is 14.6 Å². The van der Waals surface area contributed by atoms with Crippen molar-refractivity contribution in [2.24, 2.45) is 0 Å². The molecule has 2 unspecified atom stereocenters. The number of nitrogens with one attached hydrogen (secondary N) is 1. The quantitative estimate of drug-likeness (QED) is 0.499. The second-order valence-corrected chi connectivity index (χ2v) is 8.55. The normalized spacial score (nSPS) is 20.0. The first-order valence-corrected chi connectivity index (χ1v) is 11.2. The molecular weight excluding hydrogens is 386 g/mol. The van der Waals surface area contributed by atoms with Crippen molar-refractivity contribution in [1.29, 1.82) is 0 Å². The van der Waals surface area contributed by atoms with Crippen molar-refractivity contribution in [3.05, 3.63) is 41.7 Å². The summed E-state index contributed by atoms with van der Waals surface area (Å²) < 4.78 is 7.81. The van der Waals surface area contributed by atoms with Gasteiger partial charge in [0.25, 0.3) is 0 Å². The number of thioether (sulfide) groups is 1. The summed E-state index contributed by atoms with van der Waals surface area (Å²) in [7, 11) is 0. The topological polar surface area (TPSA) is 72.3 Å². The van der Waals surface area contributed by atoms with Gasteiger partial charge in [0.05, 0.1) is 24.5 Å². The summed E-state index contributed by atoms with van der Waals surface area (Å²) in [6, 6.07) is 10.2. The molecule has 0 spiro atoms. The Bertz CT molecular complexity index is 773. The molecule has 1 N–H and O–H groups in total. The first kappa shape index (κ1) is 21.8. The maximum absolute atomic E-state index is 12.2. The van der Waals surface area contributed by atoms with E-state index in [9.17, 15) is 4.79 Å². The van der Waals surface area contributed by atoms with E-state index >= 15 is 0 Å². The van der Waals surface area contributed by atoms with Crippen molar-refractivity contribution in [3.8, 4) is 0 Å². The molecule has 1 saturated heterocycles. The highest BCUT2D eigenvalue weighted by molar-refractivity contribution is 7.99. The Morgan fingerprint density at radius 1 is 1.21 bits per heavy atom. The summed E-state index contributed by atoms with van der Waals surface area (Å²) in [4.78, 5) is 14.6. The second kappa shape index (κ2) is 10.8. The van der Waals surface area contributed by atoms with Crippen molar-refractivity contribution in [1.82, 2.24) is 25.0 Å². The lowest BCUT2D eigenvalue weighted by Gasteiger charge is -2.35. The van der Waals surface area contributed by atoms with E-state index in [1.165, 1.54) is 17.3 Å². The minimum Gasteiger partial charge on any atom is -0.373 e. The number of carbonyl (C=O) groups is 1.